The molecule has 3 aromatic carbocycles. The Hall–Kier alpha value is -1.44. The van der Waals surface area contributed by atoms with Crippen molar-refractivity contribution in [3.05, 3.63) is 89.0 Å². The molecule has 28 heavy (non-hydrogen) atoms. The molecule has 0 heterocycles. The largest absolute Gasteiger partial charge is 0.508 e. The molecule has 1 aliphatic carbocycles. The van der Waals surface area contributed by atoms with Crippen molar-refractivity contribution in [1.82, 2.24) is 0 Å². The fraction of sp³-hybridized carbons (Fsp3) is 0.308. The Morgan fingerprint density at radius 2 is 1.39 bits per heavy atom. The van der Waals surface area contributed by atoms with Gasteiger partial charge in [-0.1, -0.05) is 48.4 Å². The third kappa shape index (κ3) is 4.75. The van der Waals surface area contributed by atoms with Crippen molar-refractivity contribution >= 4 is 0 Å². The number of hydrogen-bond donors (Lipinski definition) is 1. The average Bonchev–Trinajstić information content (AvgIpc) is 2.69. The average molecular weight is 444 g/mol. The van der Waals surface area contributed by atoms with Crippen LogP contribution in [0.1, 0.15) is 59.8 Å². The smallest absolute Gasteiger partial charge is 0.115 e. The third-order valence-electron chi connectivity index (χ3n) is 6.09. The van der Waals surface area contributed by atoms with Crippen molar-refractivity contribution in [3.8, 4) is 16.9 Å². The van der Waals surface area contributed by atoms with Gasteiger partial charge < -0.3 is 5.11 Å². The van der Waals surface area contributed by atoms with Crippen molar-refractivity contribution in [3.63, 3.8) is 0 Å². The van der Waals surface area contributed by atoms with Crippen molar-refractivity contribution in [2.45, 2.75) is 51.4 Å². The second-order valence-corrected chi connectivity index (χ2v) is 7.97. The monoisotopic (exact) mass is 444 g/mol. The summed E-state index contributed by atoms with van der Waals surface area (Å²) in [6, 6.07) is 24.5. The Morgan fingerprint density at radius 1 is 0.786 bits per heavy atom. The van der Waals surface area contributed by atoms with Crippen LogP contribution in [0, 0.1) is 19.9 Å². The molecule has 3 aromatic rings. The van der Waals surface area contributed by atoms with Crippen LogP contribution in [0.15, 0.2) is 60.7 Å². The summed E-state index contributed by atoms with van der Waals surface area (Å²) in [4.78, 5) is 0. The van der Waals surface area contributed by atoms with E-state index in [9.17, 15) is 5.11 Å². The van der Waals surface area contributed by atoms with Gasteiger partial charge in [0, 0.05) is 32.7 Å². The van der Waals surface area contributed by atoms with Crippen molar-refractivity contribution < 1.29 is 37.8 Å². The molecule has 1 aliphatic rings. The van der Waals surface area contributed by atoms with E-state index in [-0.39, 0.29) is 32.7 Å². The molecule has 1 saturated carbocycles. The second-order valence-electron chi connectivity index (χ2n) is 7.97. The maximum atomic E-state index is 9.49. The van der Waals surface area contributed by atoms with Crippen molar-refractivity contribution in [1.29, 1.82) is 0 Å². The standard InChI is InChI=1S/C26H27O.Y/c1-18-3-5-23(6-4-18)26-16-13-24(17-19(26)2)22-9-7-20(8-10-22)21-11-14-25(27)15-12-21;/h3,5-6,11-17,20,22,27H,7-10H2,1-2H3;/q-1;. The number of aryl methyl sites for hydroxylation is 2. The molecule has 1 radical (unpaired) electrons. The first kappa shape index (κ1) is 21.3. The van der Waals surface area contributed by atoms with Gasteiger partial charge in [-0.15, -0.1) is 5.56 Å². The van der Waals surface area contributed by atoms with E-state index in [1.54, 1.807) is 0 Å². The van der Waals surface area contributed by atoms with Gasteiger partial charge in [0.25, 0.3) is 0 Å². The predicted octanol–water partition coefficient (Wildman–Crippen LogP) is 6.92. The molecule has 0 saturated heterocycles. The van der Waals surface area contributed by atoms with Gasteiger partial charge in [-0.05, 0) is 67.7 Å². The Morgan fingerprint density at radius 3 is 1.96 bits per heavy atom. The topological polar surface area (TPSA) is 20.2 Å². The van der Waals surface area contributed by atoms with Crippen LogP contribution in [0.2, 0.25) is 0 Å². The van der Waals surface area contributed by atoms with E-state index in [0.29, 0.717) is 17.6 Å². The maximum Gasteiger partial charge on any atom is 0.115 e. The van der Waals surface area contributed by atoms with Gasteiger partial charge in [-0.3, -0.25) is 0 Å². The summed E-state index contributed by atoms with van der Waals surface area (Å²) in [5, 5.41) is 9.49. The van der Waals surface area contributed by atoms with Gasteiger partial charge in [0.15, 0.2) is 0 Å². The number of hydrogen-bond acceptors (Lipinski definition) is 1. The van der Waals surface area contributed by atoms with E-state index in [4.69, 9.17) is 0 Å². The predicted molar refractivity (Wildman–Crippen MR) is 112 cm³/mol. The zero-order valence-corrected chi connectivity index (χ0v) is 19.6. The summed E-state index contributed by atoms with van der Waals surface area (Å²) < 4.78 is 0. The number of aromatic hydroxyl groups is 1. The summed E-state index contributed by atoms with van der Waals surface area (Å²) in [7, 11) is 0. The van der Waals surface area contributed by atoms with Crippen LogP contribution in [-0.4, -0.2) is 5.11 Å². The molecular weight excluding hydrogens is 417 g/mol. The van der Waals surface area contributed by atoms with Gasteiger partial charge in [0.1, 0.15) is 5.75 Å². The summed E-state index contributed by atoms with van der Waals surface area (Å²) in [5.74, 6) is 1.65. The number of phenols is 1. The van der Waals surface area contributed by atoms with E-state index in [1.165, 1.54) is 59.1 Å². The Balaban J connectivity index is 0.00000225. The van der Waals surface area contributed by atoms with Crippen LogP contribution in [0.5, 0.6) is 5.75 Å². The van der Waals surface area contributed by atoms with Crippen molar-refractivity contribution in [2.24, 2.45) is 0 Å². The zero-order chi connectivity index (χ0) is 18.8. The SMILES string of the molecule is Cc1[c-]cc(-c2ccc(C3CCC(c4ccc(O)cc4)CC3)cc2C)cc1.[Y]. The fourth-order valence-corrected chi connectivity index (χ4v) is 4.44. The maximum absolute atomic E-state index is 9.49. The molecule has 0 bridgehead atoms. The minimum absolute atomic E-state index is 0. The Kier molecular flexibility index (Phi) is 7.12. The number of benzene rings is 3. The van der Waals surface area contributed by atoms with E-state index in [2.05, 4.69) is 68.4 Å². The van der Waals surface area contributed by atoms with E-state index in [0.717, 1.165) is 0 Å². The first-order valence-electron chi connectivity index (χ1n) is 9.98. The Labute approximate surface area is 194 Å². The summed E-state index contributed by atoms with van der Waals surface area (Å²) in [6.07, 6.45) is 4.93. The van der Waals surface area contributed by atoms with Crippen molar-refractivity contribution in [2.75, 3.05) is 0 Å². The third-order valence-corrected chi connectivity index (χ3v) is 6.09. The molecule has 1 N–H and O–H groups in total. The van der Waals surface area contributed by atoms with E-state index >= 15 is 0 Å². The van der Waals surface area contributed by atoms with Crippen LogP contribution in [0.25, 0.3) is 11.1 Å². The Bertz CT molecular complexity index is 904. The first-order chi connectivity index (χ1) is 13.1. The van der Waals surface area contributed by atoms with E-state index < -0.39 is 0 Å². The number of phenolic OH excluding ortho intramolecular Hbond substituents is 1. The van der Waals surface area contributed by atoms with Crippen LogP contribution in [0.4, 0.5) is 0 Å². The quantitative estimate of drug-likeness (QED) is 0.435. The molecule has 0 unspecified atom stereocenters. The molecule has 0 amide bonds. The van der Waals surface area contributed by atoms with Gasteiger partial charge in [-0.25, -0.2) is 0 Å². The zero-order valence-electron chi connectivity index (χ0n) is 16.8. The van der Waals surface area contributed by atoms with Gasteiger partial charge in [-0.2, -0.15) is 29.8 Å². The summed E-state index contributed by atoms with van der Waals surface area (Å²) >= 11 is 0. The summed E-state index contributed by atoms with van der Waals surface area (Å²) in [6.45, 7) is 4.30. The van der Waals surface area contributed by atoms with Gasteiger partial charge in [0.05, 0.1) is 0 Å². The normalized spacial score (nSPS) is 19.1. The molecular formula is C26H27OY-. The van der Waals surface area contributed by atoms with Crippen LogP contribution in [-0.2, 0) is 32.7 Å². The molecule has 0 spiro atoms. The second kappa shape index (κ2) is 9.37. The molecule has 2 heteroatoms. The molecule has 0 atom stereocenters. The minimum Gasteiger partial charge on any atom is -0.508 e. The molecule has 0 aromatic heterocycles. The number of rotatable bonds is 3. The van der Waals surface area contributed by atoms with Crippen LogP contribution in [0.3, 0.4) is 0 Å². The molecule has 0 aliphatic heterocycles. The van der Waals surface area contributed by atoms with E-state index in [1.807, 2.05) is 12.1 Å². The molecule has 1 nitrogen and oxygen atoms in total. The van der Waals surface area contributed by atoms with Gasteiger partial charge >= 0.3 is 0 Å². The fourth-order valence-electron chi connectivity index (χ4n) is 4.44. The molecule has 141 valence electrons. The van der Waals surface area contributed by atoms with Gasteiger partial charge in [0.2, 0.25) is 0 Å². The molecule has 4 rings (SSSR count). The van der Waals surface area contributed by atoms with Crippen LogP contribution >= 0.6 is 0 Å². The molecule has 1 fully saturated rings. The summed E-state index contributed by atoms with van der Waals surface area (Å²) in [5.41, 5.74) is 7.95. The first-order valence-corrected chi connectivity index (χ1v) is 9.98. The minimum atomic E-state index is 0. The van der Waals surface area contributed by atoms with Crippen LogP contribution < -0.4 is 0 Å².